The lowest BCUT2D eigenvalue weighted by Gasteiger charge is -2.09. The number of non-ortho nitro benzene ring substituents is 1. The number of nitrogens with zero attached hydrogens (tertiary/aromatic N) is 1. The highest BCUT2D eigenvalue weighted by Crippen LogP contribution is 2.19. The van der Waals surface area contributed by atoms with Gasteiger partial charge in [0.25, 0.3) is 5.69 Å². The molecule has 0 aliphatic heterocycles. The van der Waals surface area contributed by atoms with Gasteiger partial charge in [-0.25, -0.2) is 4.79 Å². The van der Waals surface area contributed by atoms with Crippen molar-refractivity contribution in [1.29, 1.82) is 0 Å². The molecule has 0 saturated carbocycles. The number of methoxy groups -OCH3 is 1. The van der Waals surface area contributed by atoms with Gasteiger partial charge in [0.05, 0.1) is 12.0 Å². The van der Waals surface area contributed by atoms with Crippen LogP contribution in [-0.2, 0) is 9.53 Å². The van der Waals surface area contributed by atoms with E-state index in [1.165, 1.54) is 31.4 Å². The van der Waals surface area contributed by atoms with E-state index in [1.54, 1.807) is 24.3 Å². The van der Waals surface area contributed by atoms with Crippen LogP contribution in [0.5, 0.6) is 17.2 Å². The predicted molar refractivity (Wildman–Crippen MR) is 88.0 cm³/mol. The third kappa shape index (κ3) is 6.02. The zero-order chi connectivity index (χ0) is 18.1. The van der Waals surface area contributed by atoms with Crippen molar-refractivity contribution in [2.24, 2.45) is 0 Å². The smallest absolute Gasteiger partial charge is 0.344 e. The van der Waals surface area contributed by atoms with Crippen LogP contribution in [0.4, 0.5) is 5.69 Å². The molecule has 0 heterocycles. The van der Waals surface area contributed by atoms with Crippen LogP contribution in [0.3, 0.4) is 0 Å². The van der Waals surface area contributed by atoms with Gasteiger partial charge in [-0.1, -0.05) is 6.07 Å². The number of carbonyl (C=O) groups excluding carboxylic acids is 1. The molecule has 2 aromatic carbocycles. The first-order valence-corrected chi connectivity index (χ1v) is 7.38. The van der Waals surface area contributed by atoms with Crippen molar-refractivity contribution < 1.29 is 28.7 Å². The molecule has 0 radical (unpaired) electrons. The average Bonchev–Trinajstić information content (AvgIpc) is 2.64. The maximum Gasteiger partial charge on any atom is 0.344 e. The van der Waals surface area contributed by atoms with Gasteiger partial charge in [-0.15, -0.1) is 0 Å². The second-order valence-electron chi connectivity index (χ2n) is 4.79. The number of esters is 1. The first kappa shape index (κ1) is 18.1. The number of nitro benzene ring substituents is 1. The first-order chi connectivity index (χ1) is 12.1. The molecule has 0 aliphatic rings. The number of rotatable bonds is 9. The molecule has 0 atom stereocenters. The van der Waals surface area contributed by atoms with Crippen molar-refractivity contribution in [3.05, 3.63) is 58.6 Å². The standard InChI is InChI=1S/C17H17NO7/c1-22-15-3-2-4-16(11-15)25-12-17(19)24-10-9-23-14-7-5-13(6-8-14)18(20)21/h2-8,11H,9-10,12H2,1H3. The van der Waals surface area contributed by atoms with E-state index < -0.39 is 10.9 Å². The Morgan fingerprint density at radius 1 is 1.00 bits per heavy atom. The Kier molecular flexibility index (Phi) is 6.58. The molecule has 8 nitrogen and oxygen atoms in total. The van der Waals surface area contributed by atoms with Crippen molar-refractivity contribution in [3.63, 3.8) is 0 Å². The maximum absolute atomic E-state index is 11.6. The van der Waals surface area contributed by atoms with E-state index in [-0.39, 0.29) is 25.5 Å². The minimum absolute atomic E-state index is 0.0199. The Labute approximate surface area is 144 Å². The molecule has 0 aromatic heterocycles. The van der Waals surface area contributed by atoms with Gasteiger partial charge in [-0.05, 0) is 24.3 Å². The lowest BCUT2D eigenvalue weighted by atomic mass is 10.3. The third-order valence-electron chi connectivity index (χ3n) is 3.06. The molecule has 0 bridgehead atoms. The van der Waals surface area contributed by atoms with Crippen LogP contribution in [0.1, 0.15) is 0 Å². The van der Waals surface area contributed by atoms with Gasteiger partial charge in [-0.3, -0.25) is 10.1 Å². The molecule has 2 rings (SSSR count). The summed E-state index contributed by atoms with van der Waals surface area (Å²) < 4.78 is 20.7. The zero-order valence-electron chi connectivity index (χ0n) is 13.5. The number of benzene rings is 2. The lowest BCUT2D eigenvalue weighted by Crippen LogP contribution is -2.18. The Hall–Kier alpha value is -3.29. The molecule has 0 fully saturated rings. The third-order valence-corrected chi connectivity index (χ3v) is 3.06. The largest absolute Gasteiger partial charge is 0.497 e. The summed E-state index contributed by atoms with van der Waals surface area (Å²) in [6.45, 7) is -0.0648. The Balaban J connectivity index is 1.65. The van der Waals surface area contributed by atoms with Crippen molar-refractivity contribution in [3.8, 4) is 17.2 Å². The van der Waals surface area contributed by atoms with E-state index in [1.807, 2.05) is 0 Å². The highest BCUT2D eigenvalue weighted by Gasteiger charge is 2.06. The fraction of sp³-hybridized carbons (Fsp3) is 0.235. The van der Waals surface area contributed by atoms with E-state index >= 15 is 0 Å². The van der Waals surface area contributed by atoms with Crippen LogP contribution >= 0.6 is 0 Å². The van der Waals surface area contributed by atoms with Gasteiger partial charge in [0.15, 0.2) is 6.61 Å². The molecule has 0 saturated heterocycles. The van der Waals surface area contributed by atoms with E-state index in [9.17, 15) is 14.9 Å². The lowest BCUT2D eigenvalue weighted by molar-refractivity contribution is -0.384. The Morgan fingerprint density at radius 3 is 2.40 bits per heavy atom. The minimum atomic E-state index is -0.532. The molecule has 132 valence electrons. The van der Waals surface area contributed by atoms with Gasteiger partial charge in [-0.2, -0.15) is 0 Å². The summed E-state index contributed by atoms with van der Waals surface area (Å²) in [7, 11) is 1.54. The van der Waals surface area contributed by atoms with Crippen molar-refractivity contribution in [2.45, 2.75) is 0 Å². The quantitative estimate of drug-likeness (QED) is 0.298. The number of hydrogen-bond donors (Lipinski definition) is 0. The van der Waals surface area contributed by atoms with Crippen molar-refractivity contribution in [2.75, 3.05) is 26.9 Å². The molecule has 0 spiro atoms. The van der Waals surface area contributed by atoms with Crippen LogP contribution in [0.15, 0.2) is 48.5 Å². The number of nitro groups is 1. The summed E-state index contributed by atoms with van der Waals surface area (Å²) >= 11 is 0. The van der Waals surface area contributed by atoms with Gasteiger partial charge in [0.1, 0.15) is 30.5 Å². The number of carbonyl (C=O) groups is 1. The highest BCUT2D eigenvalue weighted by molar-refractivity contribution is 5.71. The van der Waals surface area contributed by atoms with E-state index in [0.717, 1.165) is 0 Å². The summed E-state index contributed by atoms with van der Waals surface area (Å²) in [5.74, 6) is 1.05. The van der Waals surface area contributed by atoms with E-state index in [4.69, 9.17) is 18.9 Å². The molecule has 0 unspecified atom stereocenters. The molecular weight excluding hydrogens is 330 g/mol. The second kappa shape index (κ2) is 9.11. The SMILES string of the molecule is COc1cccc(OCC(=O)OCCOc2ccc([N+](=O)[O-])cc2)c1. The van der Waals surface area contributed by atoms with E-state index in [0.29, 0.717) is 17.2 Å². The molecule has 0 N–H and O–H groups in total. The summed E-state index contributed by atoms with van der Waals surface area (Å²) in [6, 6.07) is 12.5. The highest BCUT2D eigenvalue weighted by atomic mass is 16.6. The van der Waals surface area contributed by atoms with Gasteiger partial charge in [0, 0.05) is 18.2 Å². The number of ether oxygens (including phenoxy) is 4. The summed E-state index contributed by atoms with van der Waals surface area (Å²) in [6.07, 6.45) is 0. The normalized spacial score (nSPS) is 9.96. The fourth-order valence-corrected chi connectivity index (χ4v) is 1.85. The van der Waals surface area contributed by atoms with Gasteiger partial charge >= 0.3 is 5.97 Å². The summed E-state index contributed by atoms with van der Waals surface area (Å²) in [5.41, 5.74) is -0.0199. The molecule has 8 heteroatoms. The Bertz CT molecular complexity index is 715. The fourth-order valence-electron chi connectivity index (χ4n) is 1.85. The van der Waals surface area contributed by atoms with Gasteiger partial charge < -0.3 is 18.9 Å². The molecule has 0 aliphatic carbocycles. The first-order valence-electron chi connectivity index (χ1n) is 7.38. The summed E-state index contributed by atoms with van der Waals surface area (Å²) in [5, 5.41) is 10.5. The van der Waals surface area contributed by atoms with Gasteiger partial charge in [0.2, 0.25) is 0 Å². The second-order valence-corrected chi connectivity index (χ2v) is 4.79. The van der Waals surface area contributed by atoms with Crippen LogP contribution in [0.25, 0.3) is 0 Å². The zero-order valence-corrected chi connectivity index (χ0v) is 13.5. The molecule has 0 amide bonds. The van der Waals surface area contributed by atoms with E-state index in [2.05, 4.69) is 0 Å². The number of hydrogen-bond acceptors (Lipinski definition) is 7. The summed E-state index contributed by atoms with van der Waals surface area (Å²) in [4.78, 5) is 21.6. The Morgan fingerprint density at radius 2 is 1.72 bits per heavy atom. The minimum Gasteiger partial charge on any atom is -0.497 e. The van der Waals surface area contributed by atoms with Crippen molar-refractivity contribution >= 4 is 11.7 Å². The maximum atomic E-state index is 11.6. The van der Waals surface area contributed by atoms with Crippen LogP contribution in [0.2, 0.25) is 0 Å². The molecule has 2 aromatic rings. The van der Waals surface area contributed by atoms with Crippen LogP contribution < -0.4 is 14.2 Å². The van der Waals surface area contributed by atoms with Crippen LogP contribution in [-0.4, -0.2) is 37.8 Å². The average molecular weight is 347 g/mol. The molecular formula is C17H17NO7. The monoisotopic (exact) mass is 347 g/mol. The topological polar surface area (TPSA) is 97.1 Å². The predicted octanol–water partition coefficient (Wildman–Crippen LogP) is 2.60. The van der Waals surface area contributed by atoms with Crippen LogP contribution in [0, 0.1) is 10.1 Å². The van der Waals surface area contributed by atoms with Crippen molar-refractivity contribution in [1.82, 2.24) is 0 Å². The molecule has 25 heavy (non-hydrogen) atoms.